The van der Waals surface area contributed by atoms with E-state index in [1.165, 1.54) is 18.3 Å². The van der Waals surface area contributed by atoms with E-state index in [1.807, 2.05) is 0 Å². The molecule has 0 fully saturated rings. The van der Waals surface area contributed by atoms with Gasteiger partial charge in [-0.25, -0.2) is 14.8 Å². The second-order valence-corrected chi connectivity index (χ2v) is 4.64. The summed E-state index contributed by atoms with van der Waals surface area (Å²) in [5.41, 5.74) is 5.19. The number of rotatable bonds is 3. The molecule has 0 aliphatic carbocycles. The lowest BCUT2D eigenvalue weighted by Gasteiger charge is -2.10. The first-order valence-corrected chi connectivity index (χ1v) is 6.46. The summed E-state index contributed by atoms with van der Waals surface area (Å²) in [6.07, 6.45) is -3.18. The SMILES string of the molecule is Nc1cnc(Nc2ccc(C(F)(F)F)cc2)c(-c2noc(=O)[nH]2)n1. The number of nitrogens with two attached hydrogens (primary N) is 1. The Morgan fingerprint density at radius 2 is 1.92 bits per heavy atom. The van der Waals surface area contributed by atoms with E-state index in [4.69, 9.17) is 5.73 Å². The molecule has 0 saturated carbocycles. The highest BCUT2D eigenvalue weighted by atomic mass is 19.4. The number of halogens is 3. The summed E-state index contributed by atoms with van der Waals surface area (Å²) in [5, 5.41) is 6.27. The molecule has 2 heterocycles. The zero-order valence-electron chi connectivity index (χ0n) is 11.8. The Kier molecular flexibility index (Phi) is 3.67. The van der Waals surface area contributed by atoms with Gasteiger partial charge in [-0.2, -0.15) is 13.2 Å². The van der Waals surface area contributed by atoms with Gasteiger partial charge in [0, 0.05) is 5.69 Å². The maximum absolute atomic E-state index is 12.6. The fourth-order valence-corrected chi connectivity index (χ4v) is 1.87. The Bertz CT molecular complexity index is 916. The van der Waals surface area contributed by atoms with Crippen LogP contribution in [-0.4, -0.2) is 20.1 Å². The van der Waals surface area contributed by atoms with Crippen molar-refractivity contribution in [3.63, 3.8) is 0 Å². The third-order valence-corrected chi connectivity index (χ3v) is 2.93. The van der Waals surface area contributed by atoms with Crippen molar-refractivity contribution in [1.82, 2.24) is 20.1 Å². The van der Waals surface area contributed by atoms with Crippen LogP contribution in [0.15, 0.2) is 39.8 Å². The number of aromatic amines is 1. The van der Waals surface area contributed by atoms with Crippen molar-refractivity contribution in [2.75, 3.05) is 11.1 Å². The van der Waals surface area contributed by atoms with Gasteiger partial charge in [-0.3, -0.25) is 9.51 Å². The van der Waals surface area contributed by atoms with Crippen molar-refractivity contribution in [3.05, 3.63) is 46.6 Å². The van der Waals surface area contributed by atoms with E-state index in [0.717, 1.165) is 12.1 Å². The van der Waals surface area contributed by atoms with Gasteiger partial charge in [0.2, 0.25) is 5.82 Å². The summed E-state index contributed by atoms with van der Waals surface area (Å²) in [7, 11) is 0. The van der Waals surface area contributed by atoms with Gasteiger partial charge in [-0.05, 0) is 24.3 Å². The van der Waals surface area contributed by atoms with Crippen molar-refractivity contribution in [1.29, 1.82) is 0 Å². The molecule has 8 nitrogen and oxygen atoms in total. The van der Waals surface area contributed by atoms with E-state index in [1.54, 1.807) is 0 Å². The topological polar surface area (TPSA) is 123 Å². The van der Waals surface area contributed by atoms with Gasteiger partial charge < -0.3 is 11.1 Å². The highest BCUT2D eigenvalue weighted by Crippen LogP contribution is 2.31. The van der Waals surface area contributed by atoms with E-state index in [9.17, 15) is 18.0 Å². The van der Waals surface area contributed by atoms with Gasteiger partial charge in [0.1, 0.15) is 5.82 Å². The van der Waals surface area contributed by atoms with Crippen LogP contribution >= 0.6 is 0 Å². The minimum Gasteiger partial charge on any atom is -0.382 e. The monoisotopic (exact) mass is 338 g/mol. The van der Waals surface area contributed by atoms with Gasteiger partial charge in [0.25, 0.3) is 0 Å². The number of nitrogen functional groups attached to an aromatic ring is 1. The minimum absolute atomic E-state index is 0.0192. The molecule has 24 heavy (non-hydrogen) atoms. The van der Waals surface area contributed by atoms with Crippen LogP contribution in [0.4, 0.5) is 30.5 Å². The first-order valence-electron chi connectivity index (χ1n) is 6.46. The number of alkyl halides is 3. The summed E-state index contributed by atoms with van der Waals surface area (Å²) in [6, 6.07) is 4.31. The number of H-pyrrole nitrogens is 1. The van der Waals surface area contributed by atoms with Crippen molar-refractivity contribution in [2.45, 2.75) is 6.18 Å². The van der Waals surface area contributed by atoms with E-state index in [0.29, 0.717) is 5.69 Å². The molecular formula is C13H9F3N6O2. The highest BCUT2D eigenvalue weighted by molar-refractivity contribution is 5.71. The normalized spacial score (nSPS) is 11.5. The quantitative estimate of drug-likeness (QED) is 0.668. The standard InChI is InChI=1S/C13H9F3N6O2/c14-13(15,16)6-1-3-7(4-2-6)19-10-9(20-8(17)5-18-10)11-21-12(23)24-22-11/h1-5H,(H2,17,20)(H,18,19)(H,21,22,23). The zero-order valence-corrected chi connectivity index (χ0v) is 11.8. The number of nitrogens with one attached hydrogen (secondary N) is 2. The van der Waals surface area contributed by atoms with E-state index in [2.05, 4.69) is 29.9 Å². The van der Waals surface area contributed by atoms with Crippen LogP contribution in [0.2, 0.25) is 0 Å². The van der Waals surface area contributed by atoms with Crippen LogP contribution in [0.1, 0.15) is 5.56 Å². The predicted octanol–water partition coefficient (Wildman–Crippen LogP) is 2.16. The molecule has 0 saturated heterocycles. The van der Waals surface area contributed by atoms with Crippen LogP contribution in [0.5, 0.6) is 0 Å². The van der Waals surface area contributed by atoms with E-state index >= 15 is 0 Å². The summed E-state index contributed by atoms with van der Waals surface area (Å²) in [6.45, 7) is 0. The Morgan fingerprint density at radius 3 is 2.50 bits per heavy atom. The molecule has 0 amide bonds. The lowest BCUT2D eigenvalue weighted by molar-refractivity contribution is -0.137. The van der Waals surface area contributed by atoms with Crippen LogP contribution in [0.3, 0.4) is 0 Å². The molecule has 1 aromatic carbocycles. The lowest BCUT2D eigenvalue weighted by Crippen LogP contribution is -2.06. The molecule has 2 aromatic heterocycles. The molecule has 0 aliphatic rings. The lowest BCUT2D eigenvalue weighted by atomic mass is 10.2. The molecule has 11 heteroatoms. The summed E-state index contributed by atoms with van der Waals surface area (Å²) in [4.78, 5) is 21.3. The molecular weight excluding hydrogens is 329 g/mol. The predicted molar refractivity (Wildman–Crippen MR) is 77.3 cm³/mol. The molecule has 0 atom stereocenters. The van der Waals surface area contributed by atoms with Crippen LogP contribution in [-0.2, 0) is 6.18 Å². The highest BCUT2D eigenvalue weighted by Gasteiger charge is 2.30. The smallest absolute Gasteiger partial charge is 0.382 e. The third kappa shape index (κ3) is 3.19. The molecule has 0 spiro atoms. The van der Waals surface area contributed by atoms with Crippen molar-refractivity contribution in [2.24, 2.45) is 0 Å². The van der Waals surface area contributed by atoms with Crippen LogP contribution in [0.25, 0.3) is 11.5 Å². The molecule has 3 aromatic rings. The number of hydrogen-bond acceptors (Lipinski definition) is 7. The Labute approximate surface area is 131 Å². The number of hydrogen-bond donors (Lipinski definition) is 3. The maximum atomic E-state index is 12.6. The molecule has 124 valence electrons. The molecule has 3 rings (SSSR count). The van der Waals surface area contributed by atoms with E-state index < -0.39 is 17.5 Å². The van der Waals surface area contributed by atoms with Crippen LogP contribution in [0, 0.1) is 0 Å². The van der Waals surface area contributed by atoms with Crippen molar-refractivity contribution in [3.8, 4) is 11.5 Å². The summed E-state index contributed by atoms with van der Waals surface area (Å²) in [5.74, 6) is -0.621. The first-order chi connectivity index (χ1) is 11.3. The Hall–Kier alpha value is -3.37. The van der Waals surface area contributed by atoms with Gasteiger partial charge >= 0.3 is 11.9 Å². The number of aromatic nitrogens is 4. The van der Waals surface area contributed by atoms with Crippen molar-refractivity contribution >= 4 is 17.3 Å². The van der Waals surface area contributed by atoms with Crippen molar-refractivity contribution < 1.29 is 17.7 Å². The molecule has 0 radical (unpaired) electrons. The van der Waals surface area contributed by atoms with Gasteiger partial charge in [0.15, 0.2) is 11.5 Å². The molecule has 0 bridgehead atoms. The number of nitrogens with zero attached hydrogens (tertiary/aromatic N) is 3. The van der Waals surface area contributed by atoms with Gasteiger partial charge in [-0.1, -0.05) is 5.16 Å². The zero-order chi connectivity index (χ0) is 17.3. The van der Waals surface area contributed by atoms with Gasteiger partial charge in [-0.15, -0.1) is 0 Å². The Morgan fingerprint density at radius 1 is 1.21 bits per heavy atom. The largest absolute Gasteiger partial charge is 0.439 e. The molecule has 0 aliphatic heterocycles. The average Bonchev–Trinajstić information content (AvgIpc) is 2.95. The summed E-state index contributed by atoms with van der Waals surface area (Å²) < 4.78 is 42.1. The maximum Gasteiger partial charge on any atom is 0.439 e. The Balaban J connectivity index is 1.94. The van der Waals surface area contributed by atoms with Gasteiger partial charge in [0.05, 0.1) is 11.8 Å². The summed E-state index contributed by atoms with van der Waals surface area (Å²) >= 11 is 0. The fourth-order valence-electron chi connectivity index (χ4n) is 1.87. The fraction of sp³-hybridized carbons (Fsp3) is 0.0769. The first kappa shape index (κ1) is 15.5. The number of anilines is 3. The average molecular weight is 338 g/mol. The minimum atomic E-state index is -4.43. The molecule has 4 N–H and O–H groups in total. The second kappa shape index (κ2) is 5.68. The van der Waals surface area contributed by atoms with Crippen LogP contribution < -0.4 is 16.8 Å². The molecule has 0 unspecified atom stereocenters. The van der Waals surface area contributed by atoms with E-state index in [-0.39, 0.29) is 23.2 Å². The number of benzene rings is 1. The second-order valence-electron chi connectivity index (χ2n) is 4.64. The third-order valence-electron chi connectivity index (χ3n) is 2.93.